The fourth-order valence-electron chi connectivity index (χ4n) is 4.60. The molecule has 1 aliphatic heterocycles. The number of nitrogens with one attached hydrogen (secondary N) is 1. The van der Waals surface area contributed by atoms with Crippen LogP contribution in [-0.2, 0) is 33.9 Å². The van der Waals surface area contributed by atoms with E-state index in [0.29, 0.717) is 30.9 Å². The maximum absolute atomic E-state index is 11.9. The van der Waals surface area contributed by atoms with Crippen LogP contribution in [0, 0.1) is 0 Å². The first-order chi connectivity index (χ1) is 18.6. The molecule has 11 nitrogen and oxygen atoms in total. The topological polar surface area (TPSA) is 147 Å². The smallest absolute Gasteiger partial charge is 0.317 e. The summed E-state index contributed by atoms with van der Waals surface area (Å²) in [6.45, 7) is 2.69. The predicted octanol–water partition coefficient (Wildman–Crippen LogP) is 1.05. The Kier molecular flexibility index (Phi) is 11.4. The van der Waals surface area contributed by atoms with E-state index >= 15 is 0 Å². The standard InChI is InChI=1S/C26H34BN5O6S/c1-27-26(39)29-19-7-5-18(6-8-19)11-22-14-31(16-24(35)36)10-9-30(15-23(33)34)12-20-3-2-4-21(28-20)13-32(22)17-25(37)38/h2-8,22,27H,9-17H2,1H3,(H,29,39)(H,33,34)(H,35,36)(H,37,38)/t22-/m0/s1. The number of hydrogen-bond acceptors (Lipinski definition) is 8. The van der Waals surface area contributed by atoms with Gasteiger partial charge >= 0.3 is 17.9 Å². The average Bonchev–Trinajstić information content (AvgIpc) is 2.86. The first-order valence-corrected chi connectivity index (χ1v) is 13.2. The van der Waals surface area contributed by atoms with Crippen molar-refractivity contribution in [3.8, 4) is 0 Å². The highest BCUT2D eigenvalue weighted by Crippen LogP contribution is 2.18. The van der Waals surface area contributed by atoms with Gasteiger partial charge < -0.3 is 20.6 Å². The molecule has 0 spiro atoms. The Labute approximate surface area is 233 Å². The van der Waals surface area contributed by atoms with Crippen LogP contribution in [-0.4, -0.2) is 110 Å². The maximum Gasteiger partial charge on any atom is 0.317 e. The minimum Gasteiger partial charge on any atom is -0.480 e. The Hall–Kier alpha value is -3.39. The van der Waals surface area contributed by atoms with Gasteiger partial charge in [0, 0.05) is 49.3 Å². The summed E-state index contributed by atoms with van der Waals surface area (Å²) in [5, 5.41) is 31.9. The Morgan fingerprint density at radius 3 is 2.13 bits per heavy atom. The summed E-state index contributed by atoms with van der Waals surface area (Å²) in [6.07, 6.45) is 0.473. The molecule has 0 saturated heterocycles. The van der Waals surface area contributed by atoms with E-state index in [9.17, 15) is 29.7 Å². The lowest BCUT2D eigenvalue weighted by molar-refractivity contribution is -0.141. The lowest BCUT2D eigenvalue weighted by atomic mass is 9.82. The number of aliphatic carboxylic acids is 3. The lowest BCUT2D eigenvalue weighted by Gasteiger charge is -2.36. The number of benzene rings is 1. The van der Waals surface area contributed by atoms with E-state index < -0.39 is 17.9 Å². The van der Waals surface area contributed by atoms with E-state index in [1.807, 2.05) is 48.1 Å². The van der Waals surface area contributed by atoms with Crippen molar-refractivity contribution in [1.29, 1.82) is 0 Å². The van der Waals surface area contributed by atoms with Crippen LogP contribution in [0.15, 0.2) is 42.5 Å². The third-order valence-corrected chi connectivity index (χ3v) is 6.81. The average molecular weight is 555 g/mol. The normalized spacial score (nSPS) is 17.4. The zero-order valence-corrected chi connectivity index (χ0v) is 22.8. The summed E-state index contributed by atoms with van der Waals surface area (Å²) in [6, 6.07) is 12.8. The first-order valence-electron chi connectivity index (χ1n) is 12.8. The molecule has 0 amide bonds. The lowest BCUT2D eigenvalue weighted by Crippen LogP contribution is -2.50. The Balaban J connectivity index is 1.95. The summed E-state index contributed by atoms with van der Waals surface area (Å²) in [5.41, 5.74) is 3.14. The van der Waals surface area contributed by atoms with Crippen LogP contribution in [0.3, 0.4) is 0 Å². The Morgan fingerprint density at radius 1 is 0.923 bits per heavy atom. The maximum atomic E-state index is 11.9. The summed E-state index contributed by atoms with van der Waals surface area (Å²) in [7, 11) is 0.724. The van der Waals surface area contributed by atoms with Crippen molar-refractivity contribution in [2.45, 2.75) is 32.4 Å². The van der Waals surface area contributed by atoms with E-state index in [1.165, 1.54) is 0 Å². The fraction of sp³-hybridized carbons (Fsp3) is 0.423. The Morgan fingerprint density at radius 2 is 1.51 bits per heavy atom. The van der Waals surface area contributed by atoms with Crippen molar-refractivity contribution in [1.82, 2.24) is 19.7 Å². The molecule has 0 saturated carbocycles. The molecule has 39 heavy (non-hydrogen) atoms. The summed E-state index contributed by atoms with van der Waals surface area (Å²) >= 11 is 5.26. The largest absolute Gasteiger partial charge is 0.480 e. The number of rotatable bonds is 10. The molecule has 1 aromatic carbocycles. The van der Waals surface area contributed by atoms with Crippen molar-refractivity contribution in [2.75, 3.05) is 44.6 Å². The number of aromatic nitrogens is 1. The molecular formula is C26H34BN5O6S. The van der Waals surface area contributed by atoms with Crippen molar-refractivity contribution in [2.24, 2.45) is 0 Å². The number of carbonyl (C=O) groups is 3. The molecule has 1 atom stereocenters. The number of pyridine rings is 1. The minimum absolute atomic E-state index is 0.205. The third-order valence-electron chi connectivity index (χ3n) is 6.42. The molecule has 0 radical (unpaired) electrons. The number of carboxylic acid groups (broad SMARTS) is 3. The molecule has 0 fully saturated rings. The third kappa shape index (κ3) is 10.4. The van der Waals surface area contributed by atoms with E-state index in [0.717, 1.165) is 23.4 Å². The van der Waals surface area contributed by atoms with Crippen LogP contribution in [0.25, 0.3) is 0 Å². The number of hydrogen-bond donors (Lipinski definition) is 4. The van der Waals surface area contributed by atoms with Crippen LogP contribution in [0.4, 0.5) is 5.69 Å². The van der Waals surface area contributed by atoms with Crippen LogP contribution >= 0.6 is 12.2 Å². The van der Waals surface area contributed by atoms with Gasteiger partial charge in [-0.25, -0.2) is 0 Å². The van der Waals surface area contributed by atoms with E-state index in [4.69, 9.17) is 12.2 Å². The van der Waals surface area contributed by atoms with Gasteiger partial charge in [-0.1, -0.05) is 37.2 Å². The molecule has 2 heterocycles. The van der Waals surface area contributed by atoms with Crippen molar-refractivity contribution >= 4 is 48.0 Å². The molecule has 0 unspecified atom stereocenters. The van der Waals surface area contributed by atoms with Gasteiger partial charge in [-0.2, -0.15) is 0 Å². The molecule has 3 rings (SSSR count). The second-order valence-corrected chi connectivity index (χ2v) is 10.1. The summed E-state index contributed by atoms with van der Waals surface area (Å²) in [5.74, 6) is -2.98. The van der Waals surface area contributed by atoms with Gasteiger partial charge in [0.25, 0.3) is 0 Å². The number of nitrogens with zero attached hydrogens (tertiary/aromatic N) is 4. The van der Waals surface area contributed by atoms with E-state index in [-0.39, 0.29) is 45.3 Å². The second-order valence-electron chi connectivity index (χ2n) is 9.61. The molecule has 1 aliphatic rings. The minimum atomic E-state index is -1.01. The second kappa shape index (κ2) is 14.7. The predicted molar refractivity (Wildman–Crippen MR) is 152 cm³/mol. The zero-order valence-electron chi connectivity index (χ0n) is 22.0. The van der Waals surface area contributed by atoms with Gasteiger partial charge in [0.05, 0.1) is 31.0 Å². The highest BCUT2D eigenvalue weighted by Gasteiger charge is 2.27. The van der Waals surface area contributed by atoms with Gasteiger partial charge in [-0.3, -0.25) is 34.1 Å². The van der Waals surface area contributed by atoms with Crippen LogP contribution in [0.2, 0.25) is 6.82 Å². The molecule has 1 aromatic heterocycles. The molecular weight excluding hydrogens is 521 g/mol. The van der Waals surface area contributed by atoms with Gasteiger partial charge in [0.15, 0.2) is 7.28 Å². The van der Waals surface area contributed by atoms with Crippen molar-refractivity contribution < 1.29 is 29.7 Å². The molecule has 208 valence electrons. The van der Waals surface area contributed by atoms with Gasteiger partial charge in [-0.15, -0.1) is 0 Å². The molecule has 2 aromatic rings. The van der Waals surface area contributed by atoms with Crippen LogP contribution < -0.4 is 5.32 Å². The zero-order chi connectivity index (χ0) is 28.4. The van der Waals surface area contributed by atoms with Crippen LogP contribution in [0.1, 0.15) is 17.0 Å². The molecule has 13 heteroatoms. The van der Waals surface area contributed by atoms with Gasteiger partial charge in [0.2, 0.25) is 0 Å². The highest BCUT2D eigenvalue weighted by atomic mass is 32.1. The number of fused-ring (bicyclic) bond motifs is 2. The van der Waals surface area contributed by atoms with Crippen LogP contribution in [0.5, 0.6) is 0 Å². The number of carboxylic acids is 3. The van der Waals surface area contributed by atoms with Crippen molar-refractivity contribution in [3.63, 3.8) is 0 Å². The number of thiocarbonyl (C=S) groups is 1. The monoisotopic (exact) mass is 555 g/mol. The van der Waals surface area contributed by atoms with Gasteiger partial charge in [0.1, 0.15) is 0 Å². The molecule has 4 N–H and O–H groups in total. The molecule has 2 bridgehead atoms. The van der Waals surface area contributed by atoms with E-state index in [1.54, 1.807) is 15.9 Å². The fourth-order valence-corrected chi connectivity index (χ4v) is 4.72. The first kappa shape index (κ1) is 30.2. The summed E-state index contributed by atoms with van der Waals surface area (Å²) < 4.78 is 0. The summed E-state index contributed by atoms with van der Waals surface area (Å²) in [4.78, 5) is 45.8. The quantitative estimate of drug-likeness (QED) is 0.246. The number of anilines is 1. The Bertz CT molecular complexity index is 1170. The van der Waals surface area contributed by atoms with Crippen molar-refractivity contribution in [3.05, 3.63) is 59.4 Å². The highest BCUT2D eigenvalue weighted by molar-refractivity contribution is 7.83. The van der Waals surface area contributed by atoms with Gasteiger partial charge in [-0.05, 0) is 36.2 Å². The molecule has 0 aliphatic carbocycles. The van der Waals surface area contributed by atoms with E-state index in [2.05, 4.69) is 10.3 Å². The SMILES string of the molecule is CBC(=S)Nc1ccc(C[C@H]2CN(CC(=O)O)CCN(CC(=O)O)Cc3cccc(n3)CN2CC(=O)O)cc1.